The van der Waals surface area contributed by atoms with Gasteiger partial charge in [0.2, 0.25) is 5.91 Å². The average molecular weight is 348 g/mol. The van der Waals surface area contributed by atoms with Gasteiger partial charge in [-0.2, -0.15) is 0 Å². The van der Waals surface area contributed by atoms with Crippen LogP contribution >= 0.6 is 0 Å². The summed E-state index contributed by atoms with van der Waals surface area (Å²) in [5, 5.41) is 8.47. The highest BCUT2D eigenvalue weighted by atomic mass is 16.6. The number of amides is 1. The van der Waals surface area contributed by atoms with Gasteiger partial charge in [-0.3, -0.25) is 4.79 Å². The SMILES string of the molecule is C[C@H](Nc1ccc2ccccc2c1)C(=O)Nc1ccc2c(c1)OCCO2. The van der Waals surface area contributed by atoms with E-state index < -0.39 is 0 Å². The van der Waals surface area contributed by atoms with Gasteiger partial charge in [0.1, 0.15) is 19.3 Å². The van der Waals surface area contributed by atoms with Gasteiger partial charge in [-0.1, -0.05) is 30.3 Å². The van der Waals surface area contributed by atoms with Crippen molar-refractivity contribution in [3.8, 4) is 11.5 Å². The Kier molecular flexibility index (Phi) is 4.35. The van der Waals surface area contributed by atoms with E-state index in [0.717, 1.165) is 11.1 Å². The number of hydrogen-bond donors (Lipinski definition) is 2. The number of anilines is 2. The third kappa shape index (κ3) is 3.42. The van der Waals surface area contributed by atoms with Crippen molar-refractivity contribution in [2.24, 2.45) is 0 Å². The molecule has 5 nitrogen and oxygen atoms in total. The molecule has 3 aromatic carbocycles. The molecule has 1 atom stereocenters. The second kappa shape index (κ2) is 6.96. The molecule has 0 aliphatic carbocycles. The Bertz CT molecular complexity index is 955. The molecule has 0 unspecified atom stereocenters. The minimum Gasteiger partial charge on any atom is -0.486 e. The van der Waals surface area contributed by atoms with E-state index in [-0.39, 0.29) is 11.9 Å². The summed E-state index contributed by atoms with van der Waals surface area (Å²) in [7, 11) is 0. The first-order valence-electron chi connectivity index (χ1n) is 8.65. The zero-order valence-electron chi connectivity index (χ0n) is 14.5. The van der Waals surface area contributed by atoms with Gasteiger partial charge in [-0.05, 0) is 42.0 Å². The first-order valence-corrected chi connectivity index (χ1v) is 8.65. The molecule has 0 bridgehead atoms. The molecule has 0 saturated carbocycles. The van der Waals surface area contributed by atoms with Crippen LogP contribution in [0.3, 0.4) is 0 Å². The van der Waals surface area contributed by atoms with E-state index in [1.807, 2.05) is 49.4 Å². The first kappa shape index (κ1) is 16.3. The second-order valence-electron chi connectivity index (χ2n) is 6.28. The van der Waals surface area contributed by atoms with Crippen molar-refractivity contribution in [2.45, 2.75) is 13.0 Å². The standard InChI is InChI=1S/C21H20N2O3/c1-14(22-17-7-6-15-4-2-3-5-16(15)12-17)21(24)23-18-8-9-19-20(13-18)26-11-10-25-19/h2-9,12-14,22H,10-11H2,1H3,(H,23,24)/t14-/m0/s1. The molecule has 1 amide bonds. The molecule has 0 aromatic heterocycles. The topological polar surface area (TPSA) is 59.6 Å². The lowest BCUT2D eigenvalue weighted by molar-refractivity contribution is -0.116. The molecule has 0 saturated heterocycles. The summed E-state index contributed by atoms with van der Waals surface area (Å²) in [5.41, 5.74) is 1.60. The molecule has 1 aliphatic rings. The maximum absolute atomic E-state index is 12.5. The van der Waals surface area contributed by atoms with Gasteiger partial charge >= 0.3 is 0 Å². The average Bonchev–Trinajstić information content (AvgIpc) is 2.67. The molecular weight excluding hydrogens is 328 g/mol. The Morgan fingerprint density at radius 1 is 0.885 bits per heavy atom. The van der Waals surface area contributed by atoms with Gasteiger partial charge in [0.15, 0.2) is 11.5 Å². The molecule has 1 aliphatic heterocycles. The van der Waals surface area contributed by atoms with E-state index in [0.29, 0.717) is 30.4 Å². The van der Waals surface area contributed by atoms with E-state index in [4.69, 9.17) is 9.47 Å². The molecule has 0 fully saturated rings. The van der Waals surface area contributed by atoms with Gasteiger partial charge in [-0.25, -0.2) is 0 Å². The summed E-state index contributed by atoms with van der Waals surface area (Å²) in [4.78, 5) is 12.5. The fourth-order valence-corrected chi connectivity index (χ4v) is 2.97. The Balaban J connectivity index is 1.44. The number of nitrogens with one attached hydrogen (secondary N) is 2. The maximum atomic E-state index is 12.5. The summed E-state index contributed by atoms with van der Waals surface area (Å²) in [6, 6.07) is 19.2. The largest absolute Gasteiger partial charge is 0.486 e. The molecule has 5 heteroatoms. The van der Waals surface area contributed by atoms with Crippen molar-refractivity contribution < 1.29 is 14.3 Å². The molecule has 3 aromatic rings. The van der Waals surface area contributed by atoms with Crippen LogP contribution in [0.5, 0.6) is 11.5 Å². The molecule has 4 rings (SSSR count). The van der Waals surface area contributed by atoms with Crippen LogP contribution in [0.4, 0.5) is 11.4 Å². The van der Waals surface area contributed by atoms with Crippen molar-refractivity contribution in [3.05, 3.63) is 60.7 Å². The predicted molar refractivity (Wildman–Crippen MR) is 103 cm³/mol. The third-order valence-electron chi connectivity index (χ3n) is 4.34. The lowest BCUT2D eigenvalue weighted by atomic mass is 10.1. The fourth-order valence-electron chi connectivity index (χ4n) is 2.97. The monoisotopic (exact) mass is 348 g/mol. The van der Waals surface area contributed by atoms with Crippen molar-refractivity contribution in [1.29, 1.82) is 0 Å². The highest BCUT2D eigenvalue weighted by molar-refractivity contribution is 5.97. The van der Waals surface area contributed by atoms with Gasteiger partial charge in [0, 0.05) is 17.4 Å². The number of carbonyl (C=O) groups excluding carboxylic acids is 1. The van der Waals surface area contributed by atoms with Crippen molar-refractivity contribution >= 4 is 28.1 Å². The summed E-state index contributed by atoms with van der Waals surface area (Å²) < 4.78 is 11.0. The normalized spacial score (nSPS) is 13.9. The van der Waals surface area contributed by atoms with Crippen LogP contribution in [0.25, 0.3) is 10.8 Å². The molecule has 26 heavy (non-hydrogen) atoms. The highest BCUT2D eigenvalue weighted by Crippen LogP contribution is 2.32. The Morgan fingerprint density at radius 3 is 2.46 bits per heavy atom. The van der Waals surface area contributed by atoms with E-state index in [1.165, 1.54) is 5.39 Å². The Labute approximate surface area is 151 Å². The molecule has 1 heterocycles. The molecule has 0 spiro atoms. The number of hydrogen-bond acceptors (Lipinski definition) is 4. The zero-order valence-corrected chi connectivity index (χ0v) is 14.5. The van der Waals surface area contributed by atoms with Gasteiger partial charge in [0.25, 0.3) is 0 Å². The minimum atomic E-state index is -0.385. The second-order valence-corrected chi connectivity index (χ2v) is 6.28. The van der Waals surface area contributed by atoms with Crippen molar-refractivity contribution in [2.75, 3.05) is 23.8 Å². The highest BCUT2D eigenvalue weighted by Gasteiger charge is 2.16. The van der Waals surface area contributed by atoms with Gasteiger partial charge in [0.05, 0.1) is 0 Å². The quantitative estimate of drug-likeness (QED) is 0.747. The van der Waals surface area contributed by atoms with E-state index in [9.17, 15) is 4.79 Å². The number of fused-ring (bicyclic) bond motifs is 2. The fraction of sp³-hybridized carbons (Fsp3) is 0.190. The van der Waals surface area contributed by atoms with Crippen molar-refractivity contribution in [3.63, 3.8) is 0 Å². The third-order valence-corrected chi connectivity index (χ3v) is 4.34. The number of ether oxygens (including phenoxy) is 2. The van der Waals surface area contributed by atoms with Gasteiger partial charge in [-0.15, -0.1) is 0 Å². The smallest absolute Gasteiger partial charge is 0.246 e. The van der Waals surface area contributed by atoms with E-state index in [2.05, 4.69) is 22.8 Å². The Morgan fingerprint density at radius 2 is 1.62 bits per heavy atom. The summed E-state index contributed by atoms with van der Waals surface area (Å²) >= 11 is 0. The van der Waals surface area contributed by atoms with Crippen LogP contribution in [0.1, 0.15) is 6.92 Å². The lowest BCUT2D eigenvalue weighted by Gasteiger charge is -2.20. The van der Waals surface area contributed by atoms with Gasteiger partial charge < -0.3 is 20.1 Å². The van der Waals surface area contributed by atoms with Crippen LogP contribution in [0.15, 0.2) is 60.7 Å². The van der Waals surface area contributed by atoms with Crippen LogP contribution in [-0.4, -0.2) is 25.2 Å². The first-order chi connectivity index (χ1) is 12.7. The molecule has 132 valence electrons. The van der Waals surface area contributed by atoms with Crippen molar-refractivity contribution in [1.82, 2.24) is 0 Å². The summed E-state index contributed by atoms with van der Waals surface area (Å²) in [6.45, 7) is 2.90. The van der Waals surface area contributed by atoms with Crippen LogP contribution in [0.2, 0.25) is 0 Å². The van der Waals surface area contributed by atoms with Crippen LogP contribution < -0.4 is 20.1 Å². The lowest BCUT2D eigenvalue weighted by Crippen LogP contribution is -2.31. The summed E-state index contributed by atoms with van der Waals surface area (Å²) in [5.74, 6) is 1.25. The zero-order chi connectivity index (χ0) is 17.9. The Hall–Kier alpha value is -3.21. The van der Waals surface area contributed by atoms with Crippen LogP contribution in [0, 0.1) is 0 Å². The van der Waals surface area contributed by atoms with E-state index >= 15 is 0 Å². The maximum Gasteiger partial charge on any atom is 0.246 e. The van der Waals surface area contributed by atoms with Crippen LogP contribution in [-0.2, 0) is 4.79 Å². The van der Waals surface area contributed by atoms with E-state index in [1.54, 1.807) is 6.07 Å². The number of benzene rings is 3. The summed E-state index contributed by atoms with van der Waals surface area (Å²) in [6.07, 6.45) is 0. The molecule has 2 N–H and O–H groups in total. The number of rotatable bonds is 4. The minimum absolute atomic E-state index is 0.116. The predicted octanol–water partition coefficient (Wildman–Crippen LogP) is 4.05. The number of carbonyl (C=O) groups is 1. The molecule has 0 radical (unpaired) electrons. The molecular formula is C21H20N2O3.